The van der Waals surface area contributed by atoms with E-state index in [9.17, 15) is 9.59 Å². The summed E-state index contributed by atoms with van der Waals surface area (Å²) in [6.07, 6.45) is 0.944. The first kappa shape index (κ1) is 18.9. The van der Waals surface area contributed by atoms with E-state index >= 15 is 0 Å². The number of nitrogens with zero attached hydrogens (tertiary/aromatic N) is 1. The molecule has 2 amide bonds. The fourth-order valence-electron chi connectivity index (χ4n) is 2.27. The smallest absolute Gasteiger partial charge is 0.272 e. The molecule has 0 fully saturated rings. The minimum atomic E-state index is -0.330. The van der Waals surface area contributed by atoms with Crippen molar-refractivity contribution >= 4 is 39.1 Å². The molecule has 25 heavy (non-hydrogen) atoms. The van der Waals surface area contributed by atoms with E-state index in [0.717, 1.165) is 17.7 Å². The van der Waals surface area contributed by atoms with Crippen LogP contribution in [0.25, 0.3) is 0 Å². The van der Waals surface area contributed by atoms with E-state index in [1.807, 2.05) is 37.3 Å². The number of rotatable bonds is 6. The van der Waals surface area contributed by atoms with E-state index in [2.05, 4.69) is 31.8 Å². The molecule has 0 saturated carbocycles. The molecule has 0 saturated heterocycles. The number of carbonyl (C=O) groups is 2. The van der Waals surface area contributed by atoms with Gasteiger partial charge in [0.05, 0.1) is 12.0 Å². The molecule has 0 aliphatic carbocycles. The lowest BCUT2D eigenvalue weighted by Crippen LogP contribution is -2.22. The number of aryl methyl sites for hydroxylation is 1. The average molecular weight is 402 g/mol. The van der Waals surface area contributed by atoms with Crippen molar-refractivity contribution in [2.45, 2.75) is 26.7 Å². The van der Waals surface area contributed by atoms with Crippen molar-refractivity contribution in [2.75, 3.05) is 5.32 Å². The standard InChI is InChI=1S/C19H20BrN3O2/c1-3-14-8-4-7-11-17(14)21-18(24)12-13(2)22-23-19(25)15-9-5-6-10-16(15)20/h4-11H,3,12H2,1-2H3,(H,21,24)(H,23,25)/b22-13+. The largest absolute Gasteiger partial charge is 0.326 e. The van der Waals surface area contributed by atoms with Gasteiger partial charge in [-0.2, -0.15) is 5.10 Å². The predicted molar refractivity (Wildman–Crippen MR) is 104 cm³/mol. The van der Waals surface area contributed by atoms with Gasteiger partial charge in [-0.3, -0.25) is 9.59 Å². The molecule has 130 valence electrons. The molecule has 0 aromatic heterocycles. The fraction of sp³-hybridized carbons (Fsp3) is 0.211. The van der Waals surface area contributed by atoms with Crippen LogP contribution in [0.15, 0.2) is 58.1 Å². The Morgan fingerprint density at radius 3 is 2.48 bits per heavy atom. The third kappa shape index (κ3) is 5.53. The highest BCUT2D eigenvalue weighted by atomic mass is 79.9. The zero-order chi connectivity index (χ0) is 18.2. The minimum absolute atomic E-state index is 0.105. The molecule has 0 atom stereocenters. The van der Waals surface area contributed by atoms with E-state index in [-0.39, 0.29) is 18.2 Å². The summed E-state index contributed by atoms with van der Waals surface area (Å²) in [5, 5.41) is 6.88. The number of hydrazone groups is 1. The van der Waals surface area contributed by atoms with Crippen LogP contribution in [-0.2, 0) is 11.2 Å². The first-order valence-electron chi connectivity index (χ1n) is 7.97. The van der Waals surface area contributed by atoms with Gasteiger partial charge >= 0.3 is 0 Å². The first-order valence-corrected chi connectivity index (χ1v) is 8.76. The van der Waals surface area contributed by atoms with Gasteiger partial charge in [0.1, 0.15) is 0 Å². The van der Waals surface area contributed by atoms with E-state index in [1.54, 1.807) is 25.1 Å². The molecule has 0 aliphatic heterocycles. The number of nitrogens with one attached hydrogen (secondary N) is 2. The molecule has 2 N–H and O–H groups in total. The highest BCUT2D eigenvalue weighted by Crippen LogP contribution is 2.16. The molecule has 0 unspecified atom stereocenters. The molecular formula is C19H20BrN3O2. The third-order valence-corrected chi connectivity index (χ3v) is 4.25. The second-order valence-corrected chi connectivity index (χ2v) is 6.36. The number of hydrogen-bond acceptors (Lipinski definition) is 3. The van der Waals surface area contributed by atoms with Crippen LogP contribution in [-0.4, -0.2) is 17.5 Å². The Morgan fingerprint density at radius 1 is 1.08 bits per heavy atom. The van der Waals surface area contributed by atoms with Crippen LogP contribution in [0.5, 0.6) is 0 Å². The van der Waals surface area contributed by atoms with Crippen molar-refractivity contribution in [3.05, 3.63) is 64.1 Å². The minimum Gasteiger partial charge on any atom is -0.326 e. The summed E-state index contributed by atoms with van der Waals surface area (Å²) >= 11 is 3.32. The van der Waals surface area contributed by atoms with Crippen LogP contribution >= 0.6 is 15.9 Å². The number of para-hydroxylation sites is 1. The maximum absolute atomic E-state index is 12.1. The van der Waals surface area contributed by atoms with Crippen LogP contribution < -0.4 is 10.7 Å². The molecule has 2 rings (SSSR count). The predicted octanol–water partition coefficient (Wildman–Crippen LogP) is 4.15. The normalized spacial score (nSPS) is 11.1. The fourth-order valence-corrected chi connectivity index (χ4v) is 2.73. The van der Waals surface area contributed by atoms with Crippen LogP contribution in [0, 0.1) is 0 Å². The van der Waals surface area contributed by atoms with Crippen LogP contribution in [0.2, 0.25) is 0 Å². The zero-order valence-corrected chi connectivity index (χ0v) is 15.8. The Balaban J connectivity index is 1.93. The van der Waals surface area contributed by atoms with Gasteiger partial charge in [-0.15, -0.1) is 0 Å². The van der Waals surface area contributed by atoms with Crippen LogP contribution in [0.1, 0.15) is 36.2 Å². The molecule has 6 heteroatoms. The second-order valence-electron chi connectivity index (χ2n) is 5.50. The maximum atomic E-state index is 12.1. The molecule has 2 aromatic carbocycles. The highest BCUT2D eigenvalue weighted by molar-refractivity contribution is 9.10. The third-order valence-electron chi connectivity index (χ3n) is 3.56. The van der Waals surface area contributed by atoms with Crippen molar-refractivity contribution < 1.29 is 9.59 Å². The molecule has 0 heterocycles. The highest BCUT2D eigenvalue weighted by Gasteiger charge is 2.10. The first-order chi connectivity index (χ1) is 12.0. The van der Waals surface area contributed by atoms with E-state index in [0.29, 0.717) is 15.7 Å². The maximum Gasteiger partial charge on any atom is 0.272 e. The van der Waals surface area contributed by atoms with Gasteiger partial charge in [-0.05, 0) is 53.0 Å². The summed E-state index contributed by atoms with van der Waals surface area (Å²) in [7, 11) is 0. The molecule has 2 aromatic rings. The molecule has 0 radical (unpaired) electrons. The molecule has 0 bridgehead atoms. The quantitative estimate of drug-likeness (QED) is 0.563. The van der Waals surface area contributed by atoms with Gasteiger partial charge in [0.15, 0.2) is 0 Å². The number of hydrogen-bond donors (Lipinski definition) is 2. The lowest BCUT2D eigenvalue weighted by atomic mass is 10.1. The number of carbonyl (C=O) groups excluding carboxylic acids is 2. The summed E-state index contributed by atoms with van der Waals surface area (Å²) in [5.41, 5.74) is 5.36. The summed E-state index contributed by atoms with van der Waals surface area (Å²) in [4.78, 5) is 24.2. The van der Waals surface area contributed by atoms with Crippen molar-refractivity contribution in [1.29, 1.82) is 0 Å². The number of benzene rings is 2. The van der Waals surface area contributed by atoms with Gasteiger partial charge in [0, 0.05) is 15.9 Å². The monoisotopic (exact) mass is 401 g/mol. The summed E-state index contributed by atoms with van der Waals surface area (Å²) < 4.78 is 0.689. The number of amides is 2. The average Bonchev–Trinajstić information content (AvgIpc) is 2.60. The van der Waals surface area contributed by atoms with Crippen LogP contribution in [0.3, 0.4) is 0 Å². The van der Waals surface area contributed by atoms with E-state index < -0.39 is 0 Å². The molecule has 0 aliphatic rings. The summed E-state index contributed by atoms with van der Waals surface area (Å²) in [6.45, 7) is 3.74. The Hall–Kier alpha value is -2.47. The molecule has 0 spiro atoms. The van der Waals surface area contributed by atoms with Gasteiger partial charge in [-0.25, -0.2) is 5.43 Å². The zero-order valence-electron chi connectivity index (χ0n) is 14.2. The Morgan fingerprint density at radius 2 is 1.76 bits per heavy atom. The SMILES string of the molecule is CCc1ccccc1NC(=O)C/C(C)=N/NC(=O)c1ccccc1Br. The van der Waals surface area contributed by atoms with Crippen molar-refractivity contribution in [3.63, 3.8) is 0 Å². The Labute approximate surface area is 155 Å². The molecule has 5 nitrogen and oxygen atoms in total. The number of halogens is 1. The lowest BCUT2D eigenvalue weighted by Gasteiger charge is -2.09. The van der Waals surface area contributed by atoms with Gasteiger partial charge in [-0.1, -0.05) is 37.3 Å². The van der Waals surface area contributed by atoms with Crippen molar-refractivity contribution in [1.82, 2.24) is 5.43 Å². The molecular weight excluding hydrogens is 382 g/mol. The van der Waals surface area contributed by atoms with E-state index in [4.69, 9.17) is 0 Å². The van der Waals surface area contributed by atoms with Gasteiger partial charge in [0.25, 0.3) is 5.91 Å². The van der Waals surface area contributed by atoms with Crippen molar-refractivity contribution in [3.8, 4) is 0 Å². The Kier molecular flexibility index (Phi) is 6.89. The van der Waals surface area contributed by atoms with Gasteiger partial charge in [0.2, 0.25) is 5.91 Å². The van der Waals surface area contributed by atoms with Crippen LogP contribution in [0.4, 0.5) is 5.69 Å². The number of anilines is 1. The summed E-state index contributed by atoms with van der Waals surface area (Å²) in [6, 6.07) is 14.8. The van der Waals surface area contributed by atoms with Gasteiger partial charge < -0.3 is 5.32 Å². The second kappa shape index (κ2) is 9.13. The summed E-state index contributed by atoms with van der Waals surface area (Å²) in [5.74, 6) is -0.499. The van der Waals surface area contributed by atoms with E-state index in [1.165, 1.54) is 0 Å². The topological polar surface area (TPSA) is 70.6 Å². The van der Waals surface area contributed by atoms with Crippen molar-refractivity contribution in [2.24, 2.45) is 5.10 Å². The Bertz CT molecular complexity index is 803. The lowest BCUT2D eigenvalue weighted by molar-refractivity contribution is -0.115.